The van der Waals surface area contributed by atoms with E-state index >= 15 is 0 Å². The zero-order chi connectivity index (χ0) is 15.1. The van der Waals surface area contributed by atoms with Gasteiger partial charge < -0.3 is 10.0 Å². The molecule has 0 aliphatic heterocycles. The summed E-state index contributed by atoms with van der Waals surface area (Å²) in [5, 5.41) is 17.7. The van der Waals surface area contributed by atoms with Crippen LogP contribution >= 0.6 is 0 Å². The number of anilines is 1. The molecule has 106 valence electrons. The topological polar surface area (TPSA) is 84.6 Å². The number of nitriles is 1. The van der Waals surface area contributed by atoms with E-state index in [1.165, 1.54) is 9.80 Å². The van der Waals surface area contributed by atoms with Crippen molar-refractivity contribution in [1.29, 1.82) is 5.26 Å². The lowest BCUT2D eigenvalue weighted by atomic mass is 10.2. The number of amides is 2. The molecule has 0 aliphatic carbocycles. The molecule has 0 spiro atoms. The van der Waals surface area contributed by atoms with Crippen molar-refractivity contribution < 1.29 is 14.7 Å². The Bertz CT molecular complexity index is 537. The number of carboxylic acid groups (broad SMARTS) is 1. The predicted octanol–water partition coefficient (Wildman–Crippen LogP) is 1.91. The number of benzene rings is 1. The summed E-state index contributed by atoms with van der Waals surface area (Å²) in [6, 6.07) is 8.21. The lowest BCUT2D eigenvalue weighted by molar-refractivity contribution is -0.137. The summed E-state index contributed by atoms with van der Waals surface area (Å²) in [5.74, 6) is -1.05. The molecule has 0 unspecified atom stereocenters. The summed E-state index contributed by atoms with van der Waals surface area (Å²) in [6.07, 6.45) is 0.672. The minimum Gasteiger partial charge on any atom is -0.480 e. The molecule has 20 heavy (non-hydrogen) atoms. The Morgan fingerprint density at radius 2 is 2.10 bits per heavy atom. The van der Waals surface area contributed by atoms with Gasteiger partial charge in [0.2, 0.25) is 0 Å². The van der Waals surface area contributed by atoms with E-state index in [-0.39, 0.29) is 6.54 Å². The van der Waals surface area contributed by atoms with E-state index in [4.69, 9.17) is 10.4 Å². The first kappa shape index (κ1) is 15.5. The number of carbonyl (C=O) groups excluding carboxylic acids is 1. The molecule has 0 radical (unpaired) electrons. The second kappa shape index (κ2) is 7.14. The number of hydrogen-bond donors (Lipinski definition) is 1. The highest BCUT2D eigenvalue weighted by atomic mass is 16.4. The maximum atomic E-state index is 12.3. The Hall–Kier alpha value is -2.55. The number of aliphatic carboxylic acids is 1. The lowest BCUT2D eigenvalue weighted by Crippen LogP contribution is -2.44. The first-order valence-corrected chi connectivity index (χ1v) is 6.24. The van der Waals surface area contributed by atoms with E-state index in [9.17, 15) is 9.59 Å². The summed E-state index contributed by atoms with van der Waals surface area (Å²) in [7, 11) is 1.56. The van der Waals surface area contributed by atoms with E-state index in [1.54, 1.807) is 31.3 Å². The Kier molecular flexibility index (Phi) is 5.54. The summed E-state index contributed by atoms with van der Waals surface area (Å²) >= 11 is 0. The van der Waals surface area contributed by atoms with Crippen LogP contribution in [0.1, 0.15) is 18.9 Å². The second-order valence-electron chi connectivity index (χ2n) is 4.32. The van der Waals surface area contributed by atoms with Crippen LogP contribution in [-0.2, 0) is 4.79 Å². The summed E-state index contributed by atoms with van der Waals surface area (Å²) in [5.41, 5.74) is 1.00. The molecule has 2 amide bonds. The maximum absolute atomic E-state index is 12.3. The number of nitrogens with zero attached hydrogens (tertiary/aromatic N) is 3. The average molecular weight is 275 g/mol. The Labute approximate surface area is 117 Å². The van der Waals surface area contributed by atoms with E-state index in [2.05, 4.69) is 0 Å². The third-order valence-corrected chi connectivity index (χ3v) is 2.74. The number of carbonyl (C=O) groups is 2. The largest absolute Gasteiger partial charge is 0.480 e. The fourth-order valence-corrected chi connectivity index (χ4v) is 1.78. The molecule has 0 aromatic heterocycles. The van der Waals surface area contributed by atoms with Crippen LogP contribution in [0, 0.1) is 11.3 Å². The van der Waals surface area contributed by atoms with E-state index in [1.807, 2.05) is 13.0 Å². The number of hydrogen-bond acceptors (Lipinski definition) is 3. The molecule has 0 atom stereocenters. The normalized spacial score (nSPS) is 9.65. The quantitative estimate of drug-likeness (QED) is 0.889. The summed E-state index contributed by atoms with van der Waals surface area (Å²) in [4.78, 5) is 25.7. The zero-order valence-corrected chi connectivity index (χ0v) is 11.5. The molecule has 1 rings (SSSR count). The van der Waals surface area contributed by atoms with Crippen molar-refractivity contribution >= 4 is 17.7 Å². The highest BCUT2D eigenvalue weighted by Crippen LogP contribution is 2.16. The number of carboxylic acids is 1. The van der Waals surface area contributed by atoms with Gasteiger partial charge in [0.25, 0.3) is 0 Å². The molecule has 0 heterocycles. The third-order valence-electron chi connectivity index (χ3n) is 2.74. The van der Waals surface area contributed by atoms with Gasteiger partial charge in [-0.05, 0) is 24.6 Å². The highest BCUT2D eigenvalue weighted by molar-refractivity contribution is 5.93. The summed E-state index contributed by atoms with van der Waals surface area (Å²) in [6.45, 7) is 1.90. The van der Waals surface area contributed by atoms with Gasteiger partial charge in [-0.3, -0.25) is 9.69 Å². The molecule has 6 heteroatoms. The fraction of sp³-hybridized carbons (Fsp3) is 0.357. The number of urea groups is 1. The minimum atomic E-state index is -1.05. The Balaban J connectivity index is 2.92. The van der Waals surface area contributed by atoms with Gasteiger partial charge in [0.15, 0.2) is 0 Å². The van der Waals surface area contributed by atoms with Gasteiger partial charge in [-0.15, -0.1) is 0 Å². The molecule has 1 N–H and O–H groups in total. The first-order valence-electron chi connectivity index (χ1n) is 6.24. The van der Waals surface area contributed by atoms with Crippen molar-refractivity contribution in [2.24, 2.45) is 0 Å². The molecule has 1 aromatic rings. The van der Waals surface area contributed by atoms with Crippen LogP contribution in [0.25, 0.3) is 0 Å². The standard InChI is InChI=1S/C14H17N3O3/c1-3-7-17(10-13(18)19)14(20)16(2)12-6-4-5-11(8-12)9-15/h4-6,8H,3,7,10H2,1-2H3,(H,18,19). The fourth-order valence-electron chi connectivity index (χ4n) is 1.78. The molecule has 1 aromatic carbocycles. The Morgan fingerprint density at radius 1 is 1.40 bits per heavy atom. The summed E-state index contributed by atoms with van der Waals surface area (Å²) < 4.78 is 0. The molecule has 0 fully saturated rings. The van der Waals surface area contributed by atoms with Crippen molar-refractivity contribution in [3.63, 3.8) is 0 Å². The van der Waals surface area contributed by atoms with Crippen LogP contribution in [0.3, 0.4) is 0 Å². The predicted molar refractivity (Wildman–Crippen MR) is 74.5 cm³/mol. The SMILES string of the molecule is CCCN(CC(=O)O)C(=O)N(C)c1cccc(C#N)c1. The van der Waals surface area contributed by atoms with Crippen LogP contribution in [0.15, 0.2) is 24.3 Å². The zero-order valence-electron chi connectivity index (χ0n) is 11.5. The van der Waals surface area contributed by atoms with Gasteiger partial charge in [-0.2, -0.15) is 5.26 Å². The van der Waals surface area contributed by atoms with Crippen LogP contribution < -0.4 is 4.90 Å². The van der Waals surface area contributed by atoms with Crippen LogP contribution in [0.4, 0.5) is 10.5 Å². The van der Waals surface area contributed by atoms with Crippen LogP contribution in [0.5, 0.6) is 0 Å². The van der Waals surface area contributed by atoms with Crippen molar-refractivity contribution in [1.82, 2.24) is 4.90 Å². The van der Waals surface area contributed by atoms with Crippen LogP contribution in [0.2, 0.25) is 0 Å². The van der Waals surface area contributed by atoms with Gasteiger partial charge in [0.1, 0.15) is 6.54 Å². The molecule has 0 saturated carbocycles. The number of rotatable bonds is 5. The Morgan fingerprint density at radius 3 is 2.65 bits per heavy atom. The molecule has 0 bridgehead atoms. The van der Waals surface area contributed by atoms with Crippen molar-refractivity contribution in [3.05, 3.63) is 29.8 Å². The molecule has 0 saturated heterocycles. The maximum Gasteiger partial charge on any atom is 0.324 e. The molecule has 6 nitrogen and oxygen atoms in total. The average Bonchev–Trinajstić information content (AvgIpc) is 2.45. The van der Waals surface area contributed by atoms with Gasteiger partial charge in [0, 0.05) is 19.3 Å². The lowest BCUT2D eigenvalue weighted by Gasteiger charge is -2.26. The van der Waals surface area contributed by atoms with E-state index in [0.29, 0.717) is 24.2 Å². The van der Waals surface area contributed by atoms with Gasteiger partial charge >= 0.3 is 12.0 Å². The first-order chi connectivity index (χ1) is 9.49. The third kappa shape index (κ3) is 3.99. The minimum absolute atomic E-state index is 0.338. The smallest absolute Gasteiger partial charge is 0.324 e. The van der Waals surface area contributed by atoms with Crippen molar-refractivity contribution in [3.8, 4) is 6.07 Å². The molecular formula is C14H17N3O3. The molecule has 0 aliphatic rings. The van der Waals surface area contributed by atoms with E-state index < -0.39 is 12.0 Å². The van der Waals surface area contributed by atoms with Gasteiger partial charge in [-0.25, -0.2) is 4.79 Å². The van der Waals surface area contributed by atoms with Gasteiger partial charge in [-0.1, -0.05) is 13.0 Å². The van der Waals surface area contributed by atoms with Crippen molar-refractivity contribution in [2.75, 3.05) is 25.0 Å². The second-order valence-corrected chi connectivity index (χ2v) is 4.32. The highest BCUT2D eigenvalue weighted by Gasteiger charge is 2.20. The monoisotopic (exact) mass is 275 g/mol. The van der Waals surface area contributed by atoms with E-state index in [0.717, 1.165) is 0 Å². The van der Waals surface area contributed by atoms with Gasteiger partial charge in [0.05, 0.1) is 11.6 Å². The van der Waals surface area contributed by atoms with Crippen LogP contribution in [-0.4, -0.2) is 42.1 Å². The van der Waals surface area contributed by atoms with Crippen molar-refractivity contribution in [2.45, 2.75) is 13.3 Å². The molecular weight excluding hydrogens is 258 g/mol.